The minimum Gasteiger partial charge on any atom is -0.480 e. The van der Waals surface area contributed by atoms with Crippen LogP contribution in [0.5, 0.6) is 0 Å². The number of rotatable bonds is 3. The van der Waals surface area contributed by atoms with Crippen LogP contribution in [0.3, 0.4) is 0 Å². The van der Waals surface area contributed by atoms with E-state index in [9.17, 15) is 9.59 Å². The molecule has 6 heteroatoms. The number of carboxylic acids is 1. The summed E-state index contributed by atoms with van der Waals surface area (Å²) < 4.78 is 1.49. The largest absolute Gasteiger partial charge is 0.480 e. The molecule has 16 heavy (non-hydrogen) atoms. The second-order valence-electron chi connectivity index (χ2n) is 3.19. The molecule has 1 aromatic carbocycles. The highest BCUT2D eigenvalue weighted by molar-refractivity contribution is 9.11. The Labute approximate surface area is 109 Å². The molecule has 0 aliphatic heterocycles. The third-order valence-electron chi connectivity index (χ3n) is 1.84. The first kappa shape index (κ1) is 13.2. The predicted molar refractivity (Wildman–Crippen MR) is 66.4 cm³/mol. The molecule has 1 aromatic rings. The fraction of sp³-hybridized carbons (Fsp3) is 0.200. The molecule has 0 saturated heterocycles. The van der Waals surface area contributed by atoms with Crippen LogP contribution in [0.1, 0.15) is 17.3 Å². The van der Waals surface area contributed by atoms with Gasteiger partial charge in [0.1, 0.15) is 6.04 Å². The zero-order valence-electron chi connectivity index (χ0n) is 8.33. The maximum atomic E-state index is 11.6. The molecule has 0 aromatic heterocycles. The lowest BCUT2D eigenvalue weighted by molar-refractivity contribution is -0.138. The molecule has 1 atom stereocenters. The van der Waals surface area contributed by atoms with E-state index in [2.05, 4.69) is 37.2 Å². The van der Waals surface area contributed by atoms with Crippen LogP contribution in [0.25, 0.3) is 0 Å². The van der Waals surface area contributed by atoms with Crippen LogP contribution < -0.4 is 5.32 Å². The van der Waals surface area contributed by atoms with Gasteiger partial charge in [0, 0.05) is 14.5 Å². The maximum absolute atomic E-state index is 11.6. The number of halogens is 2. The highest BCUT2D eigenvalue weighted by Gasteiger charge is 2.15. The van der Waals surface area contributed by atoms with Crippen LogP contribution in [0.15, 0.2) is 27.1 Å². The Bertz CT molecular complexity index is 414. The van der Waals surface area contributed by atoms with Gasteiger partial charge in [-0.2, -0.15) is 0 Å². The highest BCUT2D eigenvalue weighted by Crippen LogP contribution is 2.20. The van der Waals surface area contributed by atoms with E-state index < -0.39 is 17.9 Å². The van der Waals surface area contributed by atoms with Gasteiger partial charge in [-0.3, -0.25) is 9.59 Å². The Hall–Kier alpha value is -0.880. The average molecular weight is 351 g/mol. The number of carbonyl (C=O) groups is 2. The lowest BCUT2D eigenvalue weighted by atomic mass is 10.2. The summed E-state index contributed by atoms with van der Waals surface area (Å²) in [5.74, 6) is -1.49. The van der Waals surface area contributed by atoms with Gasteiger partial charge >= 0.3 is 5.97 Å². The van der Waals surface area contributed by atoms with Crippen LogP contribution in [0.2, 0.25) is 0 Å². The fourth-order valence-electron chi connectivity index (χ4n) is 1.03. The second kappa shape index (κ2) is 5.45. The predicted octanol–water partition coefficient (Wildman–Crippen LogP) is 2.41. The summed E-state index contributed by atoms with van der Waals surface area (Å²) in [5.41, 5.74) is 0.398. The first-order valence-electron chi connectivity index (χ1n) is 4.40. The molecular weight excluding hydrogens is 342 g/mol. The quantitative estimate of drug-likeness (QED) is 0.879. The number of amides is 1. The summed E-state index contributed by atoms with van der Waals surface area (Å²) >= 11 is 6.50. The van der Waals surface area contributed by atoms with Gasteiger partial charge in [0.25, 0.3) is 5.91 Å². The smallest absolute Gasteiger partial charge is 0.325 e. The molecule has 0 radical (unpaired) electrons. The van der Waals surface area contributed by atoms with Crippen LogP contribution >= 0.6 is 31.9 Å². The van der Waals surface area contributed by atoms with Gasteiger partial charge < -0.3 is 10.4 Å². The molecule has 1 unspecified atom stereocenters. The number of hydrogen-bond donors (Lipinski definition) is 2. The molecule has 1 amide bonds. The number of carbonyl (C=O) groups excluding carboxylic acids is 1. The zero-order chi connectivity index (χ0) is 12.3. The lowest BCUT2D eigenvalue weighted by Gasteiger charge is -2.09. The Kier molecular flexibility index (Phi) is 4.49. The lowest BCUT2D eigenvalue weighted by Crippen LogP contribution is -2.38. The SMILES string of the molecule is CC(NC(=O)c1cc(Br)cc(Br)c1)C(=O)O. The Morgan fingerprint density at radius 3 is 2.19 bits per heavy atom. The van der Waals surface area contributed by atoms with Crippen LogP contribution in [-0.4, -0.2) is 23.0 Å². The first-order chi connectivity index (χ1) is 7.40. The van der Waals surface area contributed by atoms with E-state index in [1.165, 1.54) is 6.92 Å². The van der Waals surface area contributed by atoms with E-state index >= 15 is 0 Å². The topological polar surface area (TPSA) is 66.4 Å². The fourth-order valence-corrected chi connectivity index (χ4v) is 2.32. The zero-order valence-corrected chi connectivity index (χ0v) is 11.5. The molecule has 0 heterocycles. The third-order valence-corrected chi connectivity index (χ3v) is 2.76. The van der Waals surface area contributed by atoms with Crippen molar-refractivity contribution >= 4 is 43.7 Å². The first-order valence-corrected chi connectivity index (χ1v) is 5.98. The van der Waals surface area contributed by atoms with Crippen LogP contribution in [-0.2, 0) is 4.79 Å². The molecule has 0 aliphatic carbocycles. The average Bonchev–Trinajstić information content (AvgIpc) is 2.15. The maximum Gasteiger partial charge on any atom is 0.325 e. The van der Waals surface area contributed by atoms with Crippen molar-refractivity contribution in [2.45, 2.75) is 13.0 Å². The monoisotopic (exact) mass is 349 g/mol. The molecule has 4 nitrogen and oxygen atoms in total. The number of aliphatic carboxylic acids is 1. The van der Waals surface area contributed by atoms with Crippen molar-refractivity contribution in [1.82, 2.24) is 5.32 Å². The summed E-state index contributed by atoms with van der Waals surface area (Å²) in [6, 6.07) is 4.12. The van der Waals surface area contributed by atoms with Crippen LogP contribution in [0, 0.1) is 0 Å². The normalized spacial score (nSPS) is 11.9. The summed E-state index contributed by atoms with van der Waals surface area (Å²) in [5, 5.41) is 11.0. The van der Waals surface area contributed by atoms with E-state index in [1.807, 2.05) is 0 Å². The van der Waals surface area contributed by atoms with E-state index in [0.717, 1.165) is 8.95 Å². The van der Waals surface area contributed by atoms with Gasteiger partial charge in [-0.25, -0.2) is 0 Å². The van der Waals surface area contributed by atoms with Crippen molar-refractivity contribution < 1.29 is 14.7 Å². The standard InChI is InChI=1S/C10H9Br2NO3/c1-5(10(15)16)13-9(14)6-2-7(11)4-8(12)3-6/h2-5H,1H3,(H,13,14)(H,15,16). The van der Waals surface area contributed by atoms with Crippen molar-refractivity contribution in [2.75, 3.05) is 0 Å². The van der Waals surface area contributed by atoms with Crippen molar-refractivity contribution in [1.29, 1.82) is 0 Å². The molecular formula is C10H9Br2NO3. The van der Waals surface area contributed by atoms with Gasteiger partial charge in [-0.1, -0.05) is 31.9 Å². The van der Waals surface area contributed by atoms with Gasteiger partial charge in [-0.05, 0) is 25.1 Å². The van der Waals surface area contributed by atoms with Crippen molar-refractivity contribution in [2.24, 2.45) is 0 Å². The summed E-state index contributed by atoms with van der Waals surface area (Å²) in [4.78, 5) is 22.2. The molecule has 0 fully saturated rings. The molecule has 86 valence electrons. The van der Waals surface area contributed by atoms with E-state index in [0.29, 0.717) is 5.56 Å². The summed E-state index contributed by atoms with van der Waals surface area (Å²) in [6.07, 6.45) is 0. The molecule has 0 bridgehead atoms. The summed E-state index contributed by atoms with van der Waals surface area (Å²) in [7, 11) is 0. The number of hydrogen-bond acceptors (Lipinski definition) is 2. The highest BCUT2D eigenvalue weighted by atomic mass is 79.9. The molecule has 0 saturated carbocycles. The molecule has 1 rings (SSSR count). The number of benzene rings is 1. The van der Waals surface area contributed by atoms with Crippen molar-refractivity contribution in [3.63, 3.8) is 0 Å². The van der Waals surface area contributed by atoms with Crippen molar-refractivity contribution in [3.8, 4) is 0 Å². The second-order valence-corrected chi connectivity index (χ2v) is 5.02. The Morgan fingerprint density at radius 2 is 1.75 bits per heavy atom. The molecule has 0 spiro atoms. The van der Waals surface area contributed by atoms with Gasteiger partial charge in [0.15, 0.2) is 0 Å². The summed E-state index contributed by atoms with van der Waals surface area (Å²) in [6.45, 7) is 1.41. The van der Waals surface area contributed by atoms with E-state index in [1.54, 1.807) is 18.2 Å². The van der Waals surface area contributed by atoms with Gasteiger partial charge in [0.2, 0.25) is 0 Å². The van der Waals surface area contributed by atoms with Gasteiger partial charge in [0.05, 0.1) is 0 Å². The van der Waals surface area contributed by atoms with E-state index in [4.69, 9.17) is 5.11 Å². The van der Waals surface area contributed by atoms with Crippen molar-refractivity contribution in [3.05, 3.63) is 32.7 Å². The molecule has 0 aliphatic rings. The Morgan fingerprint density at radius 1 is 1.25 bits per heavy atom. The minimum absolute atomic E-state index is 0.398. The van der Waals surface area contributed by atoms with Crippen LogP contribution in [0.4, 0.5) is 0 Å². The number of nitrogens with one attached hydrogen (secondary N) is 1. The third kappa shape index (κ3) is 3.61. The van der Waals surface area contributed by atoms with E-state index in [-0.39, 0.29) is 0 Å². The molecule has 2 N–H and O–H groups in total. The minimum atomic E-state index is -1.07. The number of carboxylic acid groups (broad SMARTS) is 1. The Balaban J connectivity index is 2.84. The van der Waals surface area contributed by atoms with Gasteiger partial charge in [-0.15, -0.1) is 0 Å².